The molecule has 1 heterocycles. The van der Waals surface area contributed by atoms with E-state index < -0.39 is 0 Å². The van der Waals surface area contributed by atoms with E-state index in [1.54, 1.807) is 0 Å². The lowest BCUT2D eigenvalue weighted by Crippen LogP contribution is -2.47. The van der Waals surface area contributed by atoms with Gasteiger partial charge in [0.1, 0.15) is 11.9 Å². The molecule has 2 aromatic rings. The van der Waals surface area contributed by atoms with Crippen molar-refractivity contribution in [2.24, 2.45) is 5.92 Å². The molecular weight excluding hydrogens is 282 g/mol. The summed E-state index contributed by atoms with van der Waals surface area (Å²) < 4.78 is 6.44. The Morgan fingerprint density at radius 3 is 2.61 bits per heavy atom. The summed E-state index contributed by atoms with van der Waals surface area (Å²) in [6, 6.07) is 20.0. The van der Waals surface area contributed by atoms with Crippen LogP contribution in [0.25, 0.3) is 0 Å². The molecule has 3 atom stereocenters. The van der Waals surface area contributed by atoms with E-state index in [2.05, 4.69) is 66.4 Å². The van der Waals surface area contributed by atoms with Gasteiger partial charge in [-0.3, -0.25) is 4.90 Å². The number of para-hydroxylation sites is 1. The number of rotatable bonds is 4. The third-order valence-corrected chi connectivity index (χ3v) is 5.50. The van der Waals surface area contributed by atoms with E-state index in [4.69, 9.17) is 4.74 Å². The molecule has 0 N–H and O–H groups in total. The molecule has 120 valence electrons. The SMILES string of the molecule is Cc1ccccc1O[C@H]1CN(Cc2ccccc2)[C@@H]2CC[C@H]1C2. The Labute approximate surface area is 139 Å². The first kappa shape index (κ1) is 14.8. The molecule has 1 saturated carbocycles. The smallest absolute Gasteiger partial charge is 0.122 e. The van der Waals surface area contributed by atoms with Gasteiger partial charge in [-0.15, -0.1) is 0 Å². The van der Waals surface area contributed by atoms with E-state index in [1.807, 2.05) is 0 Å². The summed E-state index contributed by atoms with van der Waals surface area (Å²) in [5.41, 5.74) is 2.65. The van der Waals surface area contributed by atoms with Crippen molar-refractivity contribution < 1.29 is 4.74 Å². The van der Waals surface area contributed by atoms with Gasteiger partial charge in [-0.2, -0.15) is 0 Å². The topological polar surface area (TPSA) is 12.5 Å². The van der Waals surface area contributed by atoms with Crippen molar-refractivity contribution in [2.45, 2.75) is 44.9 Å². The lowest BCUT2D eigenvalue weighted by Gasteiger charge is -2.38. The molecule has 23 heavy (non-hydrogen) atoms. The van der Waals surface area contributed by atoms with Gasteiger partial charge >= 0.3 is 0 Å². The zero-order valence-corrected chi connectivity index (χ0v) is 13.8. The second-order valence-corrected chi connectivity index (χ2v) is 7.06. The molecule has 0 aromatic heterocycles. The monoisotopic (exact) mass is 307 g/mol. The number of nitrogens with zero attached hydrogens (tertiary/aromatic N) is 1. The van der Waals surface area contributed by atoms with Crippen molar-refractivity contribution in [3.8, 4) is 5.75 Å². The van der Waals surface area contributed by atoms with Gasteiger partial charge < -0.3 is 4.74 Å². The van der Waals surface area contributed by atoms with Crippen LogP contribution >= 0.6 is 0 Å². The van der Waals surface area contributed by atoms with Crippen LogP contribution in [-0.2, 0) is 6.54 Å². The van der Waals surface area contributed by atoms with Crippen LogP contribution in [0.3, 0.4) is 0 Å². The third-order valence-electron chi connectivity index (χ3n) is 5.50. The van der Waals surface area contributed by atoms with Crippen molar-refractivity contribution in [2.75, 3.05) is 6.54 Å². The Hall–Kier alpha value is -1.80. The summed E-state index contributed by atoms with van der Waals surface area (Å²) in [5, 5.41) is 0. The molecule has 2 nitrogen and oxygen atoms in total. The zero-order valence-electron chi connectivity index (χ0n) is 13.8. The molecule has 1 aliphatic heterocycles. The van der Waals surface area contributed by atoms with Gasteiger partial charge in [0.05, 0.1) is 0 Å². The normalized spacial score (nSPS) is 27.1. The first-order valence-corrected chi connectivity index (χ1v) is 8.80. The van der Waals surface area contributed by atoms with E-state index in [0.717, 1.165) is 30.8 Å². The number of fused-ring (bicyclic) bond motifs is 2. The summed E-state index contributed by atoms with van der Waals surface area (Å²) in [5.74, 6) is 1.79. The Balaban J connectivity index is 1.49. The van der Waals surface area contributed by atoms with Crippen LogP contribution in [0.1, 0.15) is 30.4 Å². The fraction of sp³-hybridized carbons (Fsp3) is 0.429. The van der Waals surface area contributed by atoms with Crippen LogP contribution in [0.15, 0.2) is 54.6 Å². The highest BCUT2D eigenvalue weighted by Crippen LogP contribution is 2.39. The number of piperidine rings is 1. The van der Waals surface area contributed by atoms with Gasteiger partial charge in [0.25, 0.3) is 0 Å². The van der Waals surface area contributed by atoms with Gasteiger partial charge in [0, 0.05) is 19.1 Å². The number of likely N-dealkylation sites (tertiary alicyclic amines) is 1. The molecule has 2 bridgehead atoms. The van der Waals surface area contributed by atoms with Crippen molar-refractivity contribution in [1.82, 2.24) is 4.90 Å². The molecule has 0 radical (unpaired) electrons. The molecule has 1 aliphatic carbocycles. The van der Waals surface area contributed by atoms with Crippen LogP contribution in [0.2, 0.25) is 0 Å². The second kappa shape index (κ2) is 6.37. The van der Waals surface area contributed by atoms with Crippen LogP contribution in [0.5, 0.6) is 5.75 Å². The maximum Gasteiger partial charge on any atom is 0.122 e. The summed E-state index contributed by atoms with van der Waals surface area (Å²) in [7, 11) is 0. The summed E-state index contributed by atoms with van der Waals surface area (Å²) in [6.07, 6.45) is 4.26. The maximum absolute atomic E-state index is 6.44. The average Bonchev–Trinajstić information content (AvgIpc) is 3.00. The molecule has 2 aliphatic rings. The van der Waals surface area contributed by atoms with Gasteiger partial charge in [0.2, 0.25) is 0 Å². The lowest BCUT2D eigenvalue weighted by molar-refractivity contribution is 0.0336. The van der Waals surface area contributed by atoms with E-state index >= 15 is 0 Å². The van der Waals surface area contributed by atoms with Gasteiger partial charge in [-0.1, -0.05) is 48.5 Å². The molecule has 2 heteroatoms. The van der Waals surface area contributed by atoms with Crippen molar-refractivity contribution in [3.05, 3.63) is 65.7 Å². The predicted molar refractivity (Wildman–Crippen MR) is 93.6 cm³/mol. The number of hydrogen-bond donors (Lipinski definition) is 0. The minimum Gasteiger partial charge on any atom is -0.489 e. The molecule has 0 unspecified atom stereocenters. The van der Waals surface area contributed by atoms with Crippen LogP contribution in [-0.4, -0.2) is 23.6 Å². The Morgan fingerprint density at radius 2 is 1.78 bits per heavy atom. The van der Waals surface area contributed by atoms with E-state index in [-0.39, 0.29) is 0 Å². The largest absolute Gasteiger partial charge is 0.489 e. The average molecular weight is 307 g/mol. The van der Waals surface area contributed by atoms with Crippen molar-refractivity contribution in [3.63, 3.8) is 0 Å². The summed E-state index contributed by atoms with van der Waals surface area (Å²) in [4.78, 5) is 2.64. The van der Waals surface area contributed by atoms with E-state index in [1.165, 1.54) is 30.4 Å². The summed E-state index contributed by atoms with van der Waals surface area (Å²) in [6.45, 7) is 4.24. The first-order valence-electron chi connectivity index (χ1n) is 8.80. The lowest BCUT2D eigenvalue weighted by atomic mass is 9.95. The molecule has 0 spiro atoms. The third kappa shape index (κ3) is 3.13. The highest BCUT2D eigenvalue weighted by molar-refractivity contribution is 5.32. The first-order chi connectivity index (χ1) is 11.3. The van der Waals surface area contributed by atoms with Crippen LogP contribution < -0.4 is 4.74 Å². The predicted octanol–water partition coefficient (Wildman–Crippen LogP) is 4.43. The minimum absolute atomic E-state index is 0.332. The molecule has 2 fully saturated rings. The molecule has 4 rings (SSSR count). The van der Waals surface area contributed by atoms with Gasteiger partial charge in [0.15, 0.2) is 0 Å². The maximum atomic E-state index is 6.44. The number of hydrogen-bond acceptors (Lipinski definition) is 2. The fourth-order valence-electron chi connectivity index (χ4n) is 4.19. The number of benzene rings is 2. The molecule has 1 saturated heterocycles. The van der Waals surface area contributed by atoms with Gasteiger partial charge in [-0.05, 0) is 49.3 Å². The molecule has 0 amide bonds. The highest BCUT2D eigenvalue weighted by atomic mass is 16.5. The van der Waals surface area contributed by atoms with Crippen molar-refractivity contribution in [1.29, 1.82) is 0 Å². The van der Waals surface area contributed by atoms with Crippen LogP contribution in [0.4, 0.5) is 0 Å². The molecule has 2 aromatic carbocycles. The van der Waals surface area contributed by atoms with E-state index in [0.29, 0.717) is 6.10 Å². The molecular formula is C21H25NO. The Kier molecular flexibility index (Phi) is 4.09. The fourth-order valence-corrected chi connectivity index (χ4v) is 4.19. The Bertz CT molecular complexity index is 654. The number of aryl methyl sites for hydroxylation is 1. The van der Waals surface area contributed by atoms with Crippen LogP contribution in [0, 0.1) is 12.8 Å². The Morgan fingerprint density at radius 1 is 1.00 bits per heavy atom. The number of ether oxygens (including phenoxy) is 1. The standard InChI is InChI=1S/C21H25NO/c1-16-7-5-6-10-20(16)23-21-15-22(19-12-11-18(21)13-19)14-17-8-3-2-4-9-17/h2-10,18-19,21H,11-15H2,1H3/t18-,19+,21-/m0/s1. The highest BCUT2D eigenvalue weighted by Gasteiger charge is 2.41. The van der Waals surface area contributed by atoms with Crippen molar-refractivity contribution >= 4 is 0 Å². The van der Waals surface area contributed by atoms with E-state index in [9.17, 15) is 0 Å². The van der Waals surface area contributed by atoms with Gasteiger partial charge in [-0.25, -0.2) is 0 Å². The zero-order chi connectivity index (χ0) is 15.6. The minimum atomic E-state index is 0.332. The second-order valence-electron chi connectivity index (χ2n) is 7.06. The quantitative estimate of drug-likeness (QED) is 0.828. The summed E-state index contributed by atoms with van der Waals surface area (Å²) >= 11 is 0.